The van der Waals surface area contributed by atoms with Gasteiger partial charge in [-0.1, -0.05) is 0 Å². The summed E-state index contributed by atoms with van der Waals surface area (Å²) in [7, 11) is 0. The highest BCUT2D eigenvalue weighted by molar-refractivity contribution is 5.68. The van der Waals surface area contributed by atoms with E-state index in [4.69, 9.17) is 9.84 Å². The fraction of sp³-hybridized carbons (Fsp3) is 0.800. The van der Waals surface area contributed by atoms with Crippen LogP contribution in [0.1, 0.15) is 33.6 Å². The van der Waals surface area contributed by atoms with Crippen LogP contribution in [-0.2, 0) is 9.53 Å². The predicted molar refractivity (Wildman–Crippen MR) is 57.1 cm³/mol. The fourth-order valence-corrected chi connectivity index (χ4v) is 0.959. The fourth-order valence-electron chi connectivity index (χ4n) is 0.959. The number of carboxylic acid groups (broad SMARTS) is 1. The van der Waals surface area contributed by atoms with E-state index in [0.29, 0.717) is 0 Å². The number of alkyl carbamates (subject to hydrolysis) is 1. The lowest BCUT2D eigenvalue weighted by atomic mass is 10.2. The van der Waals surface area contributed by atoms with Crippen LogP contribution in [0.15, 0.2) is 0 Å². The molecule has 0 fully saturated rings. The van der Waals surface area contributed by atoms with Gasteiger partial charge in [0.1, 0.15) is 5.60 Å². The number of aliphatic hydroxyl groups excluding tert-OH is 1. The zero-order valence-corrected chi connectivity index (χ0v) is 9.82. The van der Waals surface area contributed by atoms with Crippen LogP contribution < -0.4 is 5.32 Å². The highest BCUT2D eigenvalue weighted by Crippen LogP contribution is 2.06. The Morgan fingerprint density at radius 1 is 1.38 bits per heavy atom. The number of nitrogens with one attached hydrogen (secondary N) is 1. The monoisotopic (exact) mass is 233 g/mol. The Balaban J connectivity index is 3.66. The van der Waals surface area contributed by atoms with Gasteiger partial charge in [0.05, 0.1) is 12.5 Å². The lowest BCUT2D eigenvalue weighted by Crippen LogP contribution is -2.34. The average molecular weight is 233 g/mol. The first kappa shape index (κ1) is 14.7. The van der Waals surface area contributed by atoms with E-state index in [-0.39, 0.29) is 19.4 Å². The minimum Gasteiger partial charge on any atom is -0.481 e. The Kier molecular flexibility index (Phi) is 5.81. The summed E-state index contributed by atoms with van der Waals surface area (Å²) in [5.41, 5.74) is -0.566. The van der Waals surface area contributed by atoms with Crippen molar-refractivity contribution in [2.45, 2.75) is 45.3 Å². The summed E-state index contributed by atoms with van der Waals surface area (Å²) in [5.74, 6) is -1.07. The molecule has 0 saturated carbocycles. The molecule has 0 radical (unpaired) electrons. The molecule has 1 amide bonds. The quantitative estimate of drug-likeness (QED) is 0.650. The molecule has 1 atom stereocenters. The number of aliphatic carboxylic acids is 1. The van der Waals surface area contributed by atoms with Gasteiger partial charge in [-0.3, -0.25) is 4.79 Å². The zero-order chi connectivity index (χ0) is 12.8. The predicted octanol–water partition coefficient (Wildman–Crippen LogP) is 0.737. The minimum absolute atomic E-state index is 0.184. The normalized spacial score (nSPS) is 13.0. The largest absolute Gasteiger partial charge is 0.481 e. The number of carbonyl (C=O) groups excluding carboxylic acids is 1. The van der Waals surface area contributed by atoms with Gasteiger partial charge in [0.25, 0.3) is 0 Å². The Bertz CT molecular complexity index is 246. The molecule has 0 aromatic carbocycles. The molecular weight excluding hydrogens is 214 g/mol. The molecule has 3 N–H and O–H groups in total. The molecule has 0 aliphatic heterocycles. The van der Waals surface area contributed by atoms with Crippen molar-refractivity contribution >= 4 is 12.1 Å². The Labute approximate surface area is 94.6 Å². The molecule has 0 rings (SSSR count). The first-order chi connectivity index (χ1) is 7.20. The van der Waals surface area contributed by atoms with E-state index < -0.39 is 23.8 Å². The lowest BCUT2D eigenvalue weighted by molar-refractivity contribution is -0.139. The maximum atomic E-state index is 11.1. The second kappa shape index (κ2) is 6.32. The van der Waals surface area contributed by atoms with Crippen LogP contribution in [0, 0.1) is 0 Å². The van der Waals surface area contributed by atoms with Gasteiger partial charge in [-0.25, -0.2) is 4.79 Å². The van der Waals surface area contributed by atoms with E-state index >= 15 is 0 Å². The van der Waals surface area contributed by atoms with E-state index in [1.165, 1.54) is 0 Å². The summed E-state index contributed by atoms with van der Waals surface area (Å²) in [6, 6.07) is 0. The van der Waals surface area contributed by atoms with Crippen LogP contribution in [0.4, 0.5) is 4.79 Å². The standard InChI is InChI=1S/C10H19NO5/c1-10(2,3)16-9(15)11-5-4-7(12)6-8(13)14/h7,12H,4-6H2,1-3H3,(H,11,15)(H,13,14)/t7-/m0/s1. The SMILES string of the molecule is CC(C)(C)OC(=O)NCC[C@H](O)CC(=O)O. The van der Waals surface area contributed by atoms with Crippen molar-refractivity contribution < 1.29 is 24.5 Å². The first-order valence-corrected chi connectivity index (χ1v) is 5.07. The number of carboxylic acids is 1. The van der Waals surface area contributed by atoms with Crippen LogP contribution in [0.3, 0.4) is 0 Å². The van der Waals surface area contributed by atoms with Gasteiger partial charge in [-0.15, -0.1) is 0 Å². The number of ether oxygens (including phenoxy) is 1. The zero-order valence-electron chi connectivity index (χ0n) is 9.82. The molecule has 0 unspecified atom stereocenters. The van der Waals surface area contributed by atoms with Crippen LogP contribution in [0.2, 0.25) is 0 Å². The van der Waals surface area contributed by atoms with Gasteiger partial charge in [0, 0.05) is 6.54 Å². The summed E-state index contributed by atoms with van der Waals surface area (Å²) in [4.78, 5) is 21.4. The second-order valence-corrected chi connectivity index (χ2v) is 4.47. The molecule has 0 heterocycles. The number of carbonyl (C=O) groups is 2. The third-order valence-electron chi connectivity index (χ3n) is 1.56. The number of aliphatic hydroxyl groups is 1. The van der Waals surface area contributed by atoms with Gasteiger partial charge in [0.15, 0.2) is 0 Å². The minimum atomic E-state index is -1.07. The van der Waals surface area contributed by atoms with Crippen LogP contribution in [-0.4, -0.2) is 40.5 Å². The Hall–Kier alpha value is -1.30. The molecular formula is C10H19NO5. The Morgan fingerprint density at radius 3 is 2.38 bits per heavy atom. The summed E-state index contributed by atoms with van der Waals surface area (Å²) >= 11 is 0. The van der Waals surface area contributed by atoms with E-state index in [9.17, 15) is 14.7 Å². The van der Waals surface area contributed by atoms with Crippen LogP contribution in [0.5, 0.6) is 0 Å². The van der Waals surface area contributed by atoms with Crippen molar-refractivity contribution in [2.24, 2.45) is 0 Å². The van der Waals surface area contributed by atoms with Crippen molar-refractivity contribution in [3.63, 3.8) is 0 Å². The van der Waals surface area contributed by atoms with Crippen molar-refractivity contribution in [2.75, 3.05) is 6.54 Å². The topological polar surface area (TPSA) is 95.9 Å². The second-order valence-electron chi connectivity index (χ2n) is 4.47. The van der Waals surface area contributed by atoms with Gasteiger partial charge >= 0.3 is 12.1 Å². The lowest BCUT2D eigenvalue weighted by Gasteiger charge is -2.19. The molecule has 0 aliphatic carbocycles. The summed E-state index contributed by atoms with van der Waals surface area (Å²) in [5, 5.41) is 20.0. The summed E-state index contributed by atoms with van der Waals surface area (Å²) in [6.45, 7) is 5.41. The summed E-state index contributed by atoms with van der Waals surface area (Å²) in [6.07, 6.45) is -1.66. The van der Waals surface area contributed by atoms with Crippen molar-refractivity contribution in [3.8, 4) is 0 Å². The molecule has 0 aromatic rings. The van der Waals surface area contributed by atoms with Crippen molar-refractivity contribution in [1.82, 2.24) is 5.32 Å². The number of hydrogen-bond acceptors (Lipinski definition) is 4. The first-order valence-electron chi connectivity index (χ1n) is 5.07. The Morgan fingerprint density at radius 2 is 1.94 bits per heavy atom. The number of rotatable bonds is 5. The smallest absolute Gasteiger partial charge is 0.407 e. The number of amides is 1. The van der Waals surface area contributed by atoms with Gasteiger partial charge in [-0.2, -0.15) is 0 Å². The van der Waals surface area contributed by atoms with Crippen LogP contribution in [0.25, 0.3) is 0 Å². The maximum Gasteiger partial charge on any atom is 0.407 e. The van der Waals surface area contributed by atoms with Gasteiger partial charge in [0.2, 0.25) is 0 Å². The van der Waals surface area contributed by atoms with Crippen molar-refractivity contribution in [1.29, 1.82) is 0 Å². The van der Waals surface area contributed by atoms with E-state index in [1.807, 2.05) is 0 Å². The van der Waals surface area contributed by atoms with Crippen molar-refractivity contribution in [3.05, 3.63) is 0 Å². The molecule has 0 aromatic heterocycles. The third-order valence-corrected chi connectivity index (χ3v) is 1.56. The third kappa shape index (κ3) is 9.26. The van der Waals surface area contributed by atoms with E-state index in [0.717, 1.165) is 0 Å². The molecule has 0 bridgehead atoms. The number of hydrogen-bond donors (Lipinski definition) is 3. The average Bonchev–Trinajstić information content (AvgIpc) is 1.98. The molecule has 0 saturated heterocycles. The van der Waals surface area contributed by atoms with Gasteiger partial charge < -0.3 is 20.3 Å². The molecule has 16 heavy (non-hydrogen) atoms. The molecule has 6 nitrogen and oxygen atoms in total. The molecule has 6 heteroatoms. The van der Waals surface area contributed by atoms with Crippen LogP contribution >= 0.6 is 0 Å². The highest BCUT2D eigenvalue weighted by Gasteiger charge is 2.16. The summed E-state index contributed by atoms with van der Waals surface area (Å²) < 4.78 is 4.95. The van der Waals surface area contributed by atoms with Gasteiger partial charge in [-0.05, 0) is 27.2 Å². The maximum absolute atomic E-state index is 11.1. The highest BCUT2D eigenvalue weighted by atomic mass is 16.6. The van der Waals surface area contributed by atoms with E-state index in [2.05, 4.69) is 5.32 Å². The van der Waals surface area contributed by atoms with E-state index in [1.54, 1.807) is 20.8 Å². The molecule has 0 aliphatic rings. The molecule has 94 valence electrons. The molecule has 0 spiro atoms.